The molecule has 1 unspecified atom stereocenters. The van der Waals surface area contributed by atoms with E-state index in [2.05, 4.69) is 6.92 Å². The van der Waals surface area contributed by atoms with Crippen LogP contribution in [0.2, 0.25) is 0 Å². The standard InChI is InChI=1S/C12H16NO2/c1-12(2,3)10(11(13)15)8-4-6-9(14)7-5-8/h4-7,10,14H,1H2,2-3H3,(H2,13,15). The lowest BCUT2D eigenvalue weighted by Crippen LogP contribution is -2.31. The molecule has 3 heteroatoms. The predicted octanol–water partition coefficient (Wildman–Crippen LogP) is 1.82. The first-order chi connectivity index (χ1) is 6.82. The van der Waals surface area contributed by atoms with Crippen molar-refractivity contribution >= 4 is 5.91 Å². The van der Waals surface area contributed by atoms with E-state index >= 15 is 0 Å². The van der Waals surface area contributed by atoms with Gasteiger partial charge in [-0.3, -0.25) is 4.79 Å². The molecule has 0 aliphatic heterocycles. The number of phenols is 1. The maximum Gasteiger partial charge on any atom is 0.225 e. The van der Waals surface area contributed by atoms with Crippen molar-refractivity contribution in [2.24, 2.45) is 11.1 Å². The Kier molecular flexibility index (Phi) is 3.03. The molecule has 1 radical (unpaired) electrons. The van der Waals surface area contributed by atoms with E-state index in [-0.39, 0.29) is 5.75 Å². The average Bonchev–Trinajstić information content (AvgIpc) is 2.05. The minimum absolute atomic E-state index is 0.170. The molecule has 0 aliphatic rings. The van der Waals surface area contributed by atoms with E-state index in [1.807, 2.05) is 13.8 Å². The molecule has 0 bridgehead atoms. The molecule has 0 spiro atoms. The van der Waals surface area contributed by atoms with E-state index in [1.54, 1.807) is 12.1 Å². The second kappa shape index (κ2) is 3.93. The molecule has 1 atom stereocenters. The molecule has 15 heavy (non-hydrogen) atoms. The lowest BCUT2D eigenvalue weighted by atomic mass is 9.76. The van der Waals surface area contributed by atoms with Gasteiger partial charge in [0.25, 0.3) is 0 Å². The van der Waals surface area contributed by atoms with Crippen molar-refractivity contribution in [3.05, 3.63) is 36.8 Å². The summed E-state index contributed by atoms with van der Waals surface area (Å²) in [6.07, 6.45) is 0. The molecule has 0 heterocycles. The Hall–Kier alpha value is -1.51. The second-order valence-electron chi connectivity index (χ2n) is 4.42. The second-order valence-corrected chi connectivity index (χ2v) is 4.42. The van der Waals surface area contributed by atoms with E-state index in [1.165, 1.54) is 12.1 Å². The van der Waals surface area contributed by atoms with E-state index in [4.69, 9.17) is 10.8 Å². The van der Waals surface area contributed by atoms with Crippen LogP contribution in [0.1, 0.15) is 25.3 Å². The zero-order valence-electron chi connectivity index (χ0n) is 9.03. The molecule has 3 N–H and O–H groups in total. The lowest BCUT2D eigenvalue weighted by molar-refractivity contribution is -0.121. The Balaban J connectivity index is 3.11. The van der Waals surface area contributed by atoms with Gasteiger partial charge in [0.1, 0.15) is 5.75 Å². The number of primary amides is 1. The summed E-state index contributed by atoms with van der Waals surface area (Å²) in [6.45, 7) is 7.64. The fraction of sp³-hybridized carbons (Fsp3) is 0.333. The number of amides is 1. The topological polar surface area (TPSA) is 63.3 Å². The zero-order valence-corrected chi connectivity index (χ0v) is 9.03. The number of hydrogen-bond acceptors (Lipinski definition) is 2. The monoisotopic (exact) mass is 206 g/mol. The first-order valence-corrected chi connectivity index (χ1v) is 4.76. The van der Waals surface area contributed by atoms with Crippen LogP contribution in [-0.4, -0.2) is 11.0 Å². The van der Waals surface area contributed by atoms with Crippen LogP contribution in [0.3, 0.4) is 0 Å². The molecule has 3 nitrogen and oxygen atoms in total. The number of benzene rings is 1. The van der Waals surface area contributed by atoms with E-state index in [0.717, 1.165) is 5.56 Å². The van der Waals surface area contributed by atoms with Crippen LogP contribution in [0.25, 0.3) is 0 Å². The maximum atomic E-state index is 11.4. The van der Waals surface area contributed by atoms with Crippen LogP contribution in [0.15, 0.2) is 24.3 Å². The smallest absolute Gasteiger partial charge is 0.225 e. The Labute approximate surface area is 89.9 Å². The van der Waals surface area contributed by atoms with Crippen LogP contribution in [0, 0.1) is 12.3 Å². The Morgan fingerprint density at radius 2 is 1.87 bits per heavy atom. The van der Waals surface area contributed by atoms with Crippen LogP contribution in [-0.2, 0) is 4.79 Å². The summed E-state index contributed by atoms with van der Waals surface area (Å²) < 4.78 is 0. The van der Waals surface area contributed by atoms with Crippen LogP contribution >= 0.6 is 0 Å². The lowest BCUT2D eigenvalue weighted by Gasteiger charge is -2.28. The summed E-state index contributed by atoms with van der Waals surface area (Å²) in [5.41, 5.74) is 5.66. The van der Waals surface area contributed by atoms with Gasteiger partial charge in [0.15, 0.2) is 0 Å². The number of rotatable bonds is 3. The molecule has 81 valence electrons. The minimum atomic E-state index is -0.469. The Bertz CT molecular complexity index is 349. The normalized spacial score (nSPS) is 13.5. The van der Waals surface area contributed by atoms with Gasteiger partial charge in [0.05, 0.1) is 5.92 Å². The summed E-state index contributed by atoms with van der Waals surface area (Å²) in [4.78, 5) is 11.4. The summed E-state index contributed by atoms with van der Waals surface area (Å²) in [6, 6.07) is 6.46. The molecule has 1 amide bonds. The number of phenolic OH excluding ortho intramolecular Hbond substituents is 1. The largest absolute Gasteiger partial charge is 0.508 e. The van der Waals surface area contributed by atoms with Gasteiger partial charge in [-0.2, -0.15) is 0 Å². The van der Waals surface area contributed by atoms with Gasteiger partial charge >= 0.3 is 0 Å². The van der Waals surface area contributed by atoms with Crippen molar-refractivity contribution in [3.8, 4) is 5.75 Å². The Morgan fingerprint density at radius 3 is 2.20 bits per heavy atom. The Morgan fingerprint density at radius 1 is 1.40 bits per heavy atom. The van der Waals surface area contributed by atoms with E-state index < -0.39 is 17.2 Å². The molecule has 0 aliphatic carbocycles. The molecule has 0 saturated heterocycles. The van der Waals surface area contributed by atoms with Crippen molar-refractivity contribution in [2.45, 2.75) is 19.8 Å². The summed E-state index contributed by atoms with van der Waals surface area (Å²) >= 11 is 0. The SMILES string of the molecule is [CH2]C(C)(C)C(C(N)=O)c1ccc(O)cc1. The van der Waals surface area contributed by atoms with Gasteiger partial charge in [-0.15, -0.1) is 0 Å². The molecule has 0 fully saturated rings. The van der Waals surface area contributed by atoms with Gasteiger partial charge in [-0.05, 0) is 30.0 Å². The fourth-order valence-electron chi connectivity index (χ4n) is 1.67. The van der Waals surface area contributed by atoms with Crippen molar-refractivity contribution in [1.29, 1.82) is 0 Å². The number of carbonyl (C=O) groups is 1. The van der Waals surface area contributed by atoms with Crippen molar-refractivity contribution in [2.75, 3.05) is 0 Å². The summed E-state index contributed by atoms with van der Waals surface area (Å²) in [7, 11) is 0. The predicted molar refractivity (Wildman–Crippen MR) is 59.2 cm³/mol. The quantitative estimate of drug-likeness (QED) is 0.792. The van der Waals surface area contributed by atoms with Gasteiger partial charge in [0.2, 0.25) is 5.91 Å². The summed E-state index contributed by atoms with van der Waals surface area (Å²) in [5.74, 6) is -0.678. The van der Waals surface area contributed by atoms with Gasteiger partial charge in [0, 0.05) is 0 Å². The van der Waals surface area contributed by atoms with E-state index in [9.17, 15) is 4.79 Å². The highest BCUT2D eigenvalue weighted by Crippen LogP contribution is 2.34. The van der Waals surface area contributed by atoms with Crippen LogP contribution in [0.4, 0.5) is 0 Å². The molecule has 1 aromatic carbocycles. The molecule has 1 aromatic rings. The van der Waals surface area contributed by atoms with Crippen LogP contribution < -0.4 is 5.73 Å². The minimum Gasteiger partial charge on any atom is -0.508 e. The first kappa shape index (κ1) is 11.6. The average molecular weight is 206 g/mol. The third-order valence-electron chi connectivity index (χ3n) is 2.29. The maximum absolute atomic E-state index is 11.4. The number of nitrogens with two attached hydrogens (primary N) is 1. The third kappa shape index (κ3) is 2.72. The highest BCUT2D eigenvalue weighted by atomic mass is 16.3. The number of carbonyl (C=O) groups excluding carboxylic acids is 1. The number of aromatic hydroxyl groups is 1. The van der Waals surface area contributed by atoms with Gasteiger partial charge < -0.3 is 10.8 Å². The first-order valence-electron chi connectivity index (χ1n) is 4.76. The number of hydrogen-bond donors (Lipinski definition) is 2. The molecular formula is C12H16NO2. The third-order valence-corrected chi connectivity index (χ3v) is 2.29. The zero-order chi connectivity index (χ0) is 11.6. The van der Waals surface area contributed by atoms with Crippen LogP contribution in [0.5, 0.6) is 5.75 Å². The van der Waals surface area contributed by atoms with E-state index in [0.29, 0.717) is 0 Å². The molecule has 1 rings (SSSR count). The van der Waals surface area contributed by atoms with Crippen molar-refractivity contribution in [3.63, 3.8) is 0 Å². The van der Waals surface area contributed by atoms with Crippen molar-refractivity contribution in [1.82, 2.24) is 0 Å². The fourth-order valence-corrected chi connectivity index (χ4v) is 1.67. The summed E-state index contributed by atoms with van der Waals surface area (Å²) in [5, 5.41) is 9.15. The molecule has 0 aromatic heterocycles. The van der Waals surface area contributed by atoms with Gasteiger partial charge in [-0.1, -0.05) is 26.0 Å². The van der Waals surface area contributed by atoms with Gasteiger partial charge in [-0.25, -0.2) is 0 Å². The highest BCUT2D eigenvalue weighted by molar-refractivity contribution is 5.83. The highest BCUT2D eigenvalue weighted by Gasteiger charge is 2.31. The molecule has 0 saturated carbocycles. The van der Waals surface area contributed by atoms with Crippen molar-refractivity contribution < 1.29 is 9.90 Å². The molecular weight excluding hydrogens is 190 g/mol.